The third-order valence-electron chi connectivity index (χ3n) is 3.96. The first-order chi connectivity index (χ1) is 9.00. The van der Waals surface area contributed by atoms with Crippen molar-refractivity contribution in [3.05, 3.63) is 35.4 Å². The van der Waals surface area contributed by atoms with Crippen LogP contribution in [0.3, 0.4) is 0 Å². The van der Waals surface area contributed by atoms with Crippen LogP contribution >= 0.6 is 0 Å². The summed E-state index contributed by atoms with van der Waals surface area (Å²) in [5.74, 6) is -3.40. The maximum Gasteiger partial charge on any atom is 0.275 e. The maximum absolute atomic E-state index is 13.9. The fourth-order valence-electron chi connectivity index (χ4n) is 2.58. The van der Waals surface area contributed by atoms with Crippen LogP contribution in [0.2, 0.25) is 0 Å². The highest BCUT2D eigenvalue weighted by molar-refractivity contribution is 5.26. The lowest BCUT2D eigenvalue weighted by atomic mass is 9.94. The van der Waals surface area contributed by atoms with Crippen molar-refractivity contribution in [1.29, 1.82) is 0 Å². The molecule has 0 radical (unpaired) electrons. The molecule has 3 heteroatoms. The van der Waals surface area contributed by atoms with Crippen molar-refractivity contribution in [1.82, 2.24) is 5.32 Å². The molecule has 0 spiro atoms. The Balaban J connectivity index is 2.02. The second-order valence-electron chi connectivity index (χ2n) is 5.83. The Bertz CT molecular complexity index is 392. The molecule has 1 aliphatic rings. The Morgan fingerprint density at radius 3 is 2.42 bits per heavy atom. The summed E-state index contributed by atoms with van der Waals surface area (Å²) in [6.07, 6.45) is 4.63. The minimum Gasteiger partial charge on any atom is -0.314 e. The van der Waals surface area contributed by atoms with Gasteiger partial charge in [-0.25, -0.2) is 8.78 Å². The Kier molecular flexibility index (Phi) is 4.56. The zero-order valence-electron chi connectivity index (χ0n) is 11.8. The molecule has 106 valence electrons. The molecule has 1 aliphatic heterocycles. The molecule has 19 heavy (non-hydrogen) atoms. The zero-order chi connectivity index (χ0) is 13.9. The SMILES string of the molecule is CC(C)C(F)(F)c1ccc(CC2CCCCN2)cc1. The van der Waals surface area contributed by atoms with Gasteiger partial charge in [0, 0.05) is 17.5 Å². The number of alkyl halides is 2. The van der Waals surface area contributed by atoms with Crippen molar-refractivity contribution < 1.29 is 8.78 Å². The summed E-state index contributed by atoms with van der Waals surface area (Å²) < 4.78 is 27.7. The number of benzene rings is 1. The van der Waals surface area contributed by atoms with Gasteiger partial charge in [-0.1, -0.05) is 44.5 Å². The van der Waals surface area contributed by atoms with E-state index in [1.807, 2.05) is 12.1 Å². The molecule has 1 saturated heterocycles. The van der Waals surface area contributed by atoms with Gasteiger partial charge >= 0.3 is 0 Å². The summed E-state index contributed by atoms with van der Waals surface area (Å²) in [6.45, 7) is 4.19. The van der Waals surface area contributed by atoms with Crippen LogP contribution in [-0.4, -0.2) is 12.6 Å². The van der Waals surface area contributed by atoms with E-state index in [2.05, 4.69) is 5.32 Å². The van der Waals surface area contributed by atoms with Gasteiger partial charge in [-0.2, -0.15) is 0 Å². The van der Waals surface area contributed by atoms with E-state index in [0.29, 0.717) is 6.04 Å². The highest BCUT2D eigenvalue weighted by atomic mass is 19.3. The molecule has 1 fully saturated rings. The van der Waals surface area contributed by atoms with Crippen LogP contribution in [0.25, 0.3) is 0 Å². The lowest BCUT2D eigenvalue weighted by Gasteiger charge is -2.24. The molecule has 0 aromatic heterocycles. The average Bonchev–Trinajstić information content (AvgIpc) is 2.40. The fourth-order valence-corrected chi connectivity index (χ4v) is 2.58. The number of halogens is 2. The monoisotopic (exact) mass is 267 g/mol. The lowest BCUT2D eigenvalue weighted by molar-refractivity contribution is -0.0513. The van der Waals surface area contributed by atoms with Gasteiger partial charge in [0.05, 0.1) is 0 Å². The van der Waals surface area contributed by atoms with Crippen molar-refractivity contribution in [2.24, 2.45) is 5.92 Å². The molecule has 1 unspecified atom stereocenters. The highest BCUT2D eigenvalue weighted by Gasteiger charge is 2.35. The largest absolute Gasteiger partial charge is 0.314 e. The lowest BCUT2D eigenvalue weighted by Crippen LogP contribution is -2.35. The molecule has 1 aromatic carbocycles. The molecule has 2 rings (SSSR count). The van der Waals surface area contributed by atoms with Crippen LogP contribution in [0.15, 0.2) is 24.3 Å². The van der Waals surface area contributed by atoms with E-state index >= 15 is 0 Å². The van der Waals surface area contributed by atoms with Gasteiger partial charge in [0.1, 0.15) is 0 Å². The Hall–Kier alpha value is -0.960. The number of hydrogen-bond donors (Lipinski definition) is 1. The van der Waals surface area contributed by atoms with Gasteiger partial charge in [0.25, 0.3) is 5.92 Å². The summed E-state index contributed by atoms with van der Waals surface area (Å²) in [5, 5.41) is 3.48. The average molecular weight is 267 g/mol. The van der Waals surface area contributed by atoms with Gasteiger partial charge in [0.15, 0.2) is 0 Å². The standard InChI is InChI=1S/C16H23F2N/c1-12(2)16(17,18)14-8-6-13(7-9-14)11-15-5-3-4-10-19-15/h6-9,12,15,19H,3-5,10-11H2,1-2H3. The topological polar surface area (TPSA) is 12.0 Å². The summed E-state index contributed by atoms with van der Waals surface area (Å²) >= 11 is 0. The number of nitrogens with one attached hydrogen (secondary N) is 1. The third kappa shape index (κ3) is 3.53. The van der Waals surface area contributed by atoms with Crippen molar-refractivity contribution >= 4 is 0 Å². The van der Waals surface area contributed by atoms with E-state index in [9.17, 15) is 8.78 Å². The van der Waals surface area contributed by atoms with Crippen LogP contribution in [0, 0.1) is 5.92 Å². The van der Waals surface area contributed by atoms with E-state index in [0.717, 1.165) is 18.5 Å². The third-order valence-corrected chi connectivity index (χ3v) is 3.96. The Labute approximate surface area is 114 Å². The smallest absolute Gasteiger partial charge is 0.275 e. The van der Waals surface area contributed by atoms with Gasteiger partial charge in [-0.3, -0.25) is 0 Å². The van der Waals surface area contributed by atoms with Crippen LogP contribution in [-0.2, 0) is 12.3 Å². The molecule has 1 heterocycles. The van der Waals surface area contributed by atoms with Crippen molar-refractivity contribution in [3.8, 4) is 0 Å². The molecular weight excluding hydrogens is 244 g/mol. The van der Waals surface area contributed by atoms with Gasteiger partial charge < -0.3 is 5.32 Å². The normalized spacial score (nSPS) is 20.8. The molecule has 1 atom stereocenters. The van der Waals surface area contributed by atoms with Crippen LogP contribution in [0.4, 0.5) is 8.78 Å². The number of rotatable bonds is 4. The molecule has 0 bridgehead atoms. The molecule has 1 aromatic rings. The number of piperidine rings is 1. The molecule has 0 saturated carbocycles. The second-order valence-corrected chi connectivity index (χ2v) is 5.83. The predicted molar refractivity (Wildman–Crippen MR) is 74.5 cm³/mol. The first-order valence-corrected chi connectivity index (χ1v) is 7.20. The number of hydrogen-bond acceptors (Lipinski definition) is 1. The summed E-state index contributed by atoms with van der Waals surface area (Å²) in [5.41, 5.74) is 1.27. The van der Waals surface area contributed by atoms with E-state index in [1.165, 1.54) is 19.3 Å². The van der Waals surface area contributed by atoms with Crippen molar-refractivity contribution in [2.45, 2.75) is 51.5 Å². The highest BCUT2D eigenvalue weighted by Crippen LogP contribution is 2.35. The first kappa shape index (κ1) is 14.4. The minimum atomic E-state index is -2.73. The summed E-state index contributed by atoms with van der Waals surface area (Å²) in [6, 6.07) is 7.37. The molecule has 0 aliphatic carbocycles. The van der Waals surface area contributed by atoms with Crippen LogP contribution in [0.1, 0.15) is 44.2 Å². The minimum absolute atomic E-state index is 0.128. The summed E-state index contributed by atoms with van der Waals surface area (Å²) in [4.78, 5) is 0. The van der Waals surface area contributed by atoms with E-state index in [-0.39, 0.29) is 5.56 Å². The predicted octanol–water partition coefficient (Wildman–Crippen LogP) is 4.12. The van der Waals surface area contributed by atoms with Crippen molar-refractivity contribution in [2.75, 3.05) is 6.54 Å². The fraction of sp³-hybridized carbons (Fsp3) is 0.625. The first-order valence-electron chi connectivity index (χ1n) is 7.20. The van der Waals surface area contributed by atoms with Crippen molar-refractivity contribution in [3.63, 3.8) is 0 Å². The van der Waals surface area contributed by atoms with Gasteiger partial charge in [-0.15, -0.1) is 0 Å². The molecule has 0 amide bonds. The Morgan fingerprint density at radius 1 is 1.21 bits per heavy atom. The maximum atomic E-state index is 13.9. The summed E-state index contributed by atoms with van der Waals surface area (Å²) in [7, 11) is 0. The second kappa shape index (κ2) is 6.00. The zero-order valence-corrected chi connectivity index (χ0v) is 11.8. The van der Waals surface area contributed by atoms with E-state index < -0.39 is 11.8 Å². The van der Waals surface area contributed by atoms with Gasteiger partial charge in [0.2, 0.25) is 0 Å². The van der Waals surface area contributed by atoms with E-state index in [4.69, 9.17) is 0 Å². The van der Waals surface area contributed by atoms with E-state index in [1.54, 1.807) is 26.0 Å². The van der Waals surface area contributed by atoms with Crippen LogP contribution < -0.4 is 5.32 Å². The Morgan fingerprint density at radius 2 is 1.89 bits per heavy atom. The molecule has 1 nitrogen and oxygen atoms in total. The van der Waals surface area contributed by atoms with Gasteiger partial charge in [-0.05, 0) is 31.4 Å². The quantitative estimate of drug-likeness (QED) is 0.865. The molecule has 1 N–H and O–H groups in total. The molecular formula is C16H23F2N. The van der Waals surface area contributed by atoms with Crippen LogP contribution in [0.5, 0.6) is 0 Å².